The van der Waals surface area contributed by atoms with Gasteiger partial charge in [0.25, 0.3) is 5.56 Å². The lowest BCUT2D eigenvalue weighted by Crippen LogP contribution is -2.07. The molecule has 0 fully saturated rings. The Morgan fingerprint density at radius 3 is 2.81 bits per heavy atom. The van der Waals surface area contributed by atoms with Crippen LogP contribution in [-0.4, -0.2) is 9.97 Å². The normalized spacial score (nSPS) is 10.8. The first-order valence-corrected chi connectivity index (χ1v) is 6.32. The zero-order chi connectivity index (χ0) is 15.0. The third kappa shape index (κ3) is 2.53. The fourth-order valence-corrected chi connectivity index (χ4v) is 2.08. The standard InChI is InChI=1S/C14H9ClFN3O2/c15-9-3-7(16)1-2-12(9)21-13-5-11-8(4-10(13)17)14(20)19-6-18-11/h1-6H,17H2,(H,18,19,20). The second-order valence-corrected chi connectivity index (χ2v) is 4.72. The third-order valence-corrected chi connectivity index (χ3v) is 3.18. The van der Waals surface area contributed by atoms with E-state index >= 15 is 0 Å². The largest absolute Gasteiger partial charge is 0.454 e. The second-order valence-electron chi connectivity index (χ2n) is 4.32. The van der Waals surface area contributed by atoms with Crippen molar-refractivity contribution in [3.05, 3.63) is 57.9 Å². The molecule has 0 aliphatic carbocycles. The number of nitrogens with zero attached hydrogens (tertiary/aromatic N) is 1. The summed E-state index contributed by atoms with van der Waals surface area (Å²) < 4.78 is 18.6. The van der Waals surface area contributed by atoms with Crippen LogP contribution in [0.2, 0.25) is 5.02 Å². The lowest BCUT2D eigenvalue weighted by molar-refractivity contribution is 0.484. The van der Waals surface area contributed by atoms with Gasteiger partial charge in [-0.2, -0.15) is 0 Å². The van der Waals surface area contributed by atoms with Crippen molar-refractivity contribution in [3.8, 4) is 11.5 Å². The van der Waals surface area contributed by atoms with Gasteiger partial charge in [-0.15, -0.1) is 0 Å². The third-order valence-electron chi connectivity index (χ3n) is 2.89. The maximum Gasteiger partial charge on any atom is 0.258 e. The number of aromatic nitrogens is 2. The van der Waals surface area contributed by atoms with Crippen LogP contribution in [0.3, 0.4) is 0 Å². The van der Waals surface area contributed by atoms with Crippen molar-refractivity contribution in [2.75, 3.05) is 5.73 Å². The van der Waals surface area contributed by atoms with Crippen molar-refractivity contribution >= 4 is 28.2 Å². The fourth-order valence-electron chi connectivity index (χ4n) is 1.88. The van der Waals surface area contributed by atoms with Crippen LogP contribution in [0.15, 0.2) is 41.5 Å². The Labute approximate surface area is 123 Å². The molecule has 0 spiro atoms. The first kappa shape index (κ1) is 13.4. The summed E-state index contributed by atoms with van der Waals surface area (Å²) in [5, 5.41) is 0.473. The highest BCUT2D eigenvalue weighted by molar-refractivity contribution is 6.32. The topological polar surface area (TPSA) is 81.0 Å². The molecule has 106 valence electrons. The van der Waals surface area contributed by atoms with E-state index in [1.165, 1.54) is 30.6 Å². The number of nitrogen functional groups attached to an aromatic ring is 1. The van der Waals surface area contributed by atoms with Crippen LogP contribution >= 0.6 is 11.6 Å². The molecule has 0 saturated heterocycles. The number of fused-ring (bicyclic) bond motifs is 1. The van der Waals surface area contributed by atoms with E-state index in [2.05, 4.69) is 9.97 Å². The minimum atomic E-state index is -0.466. The molecule has 0 bridgehead atoms. The summed E-state index contributed by atoms with van der Waals surface area (Å²) in [6, 6.07) is 6.75. The van der Waals surface area contributed by atoms with E-state index in [4.69, 9.17) is 22.1 Å². The molecule has 3 N–H and O–H groups in total. The van der Waals surface area contributed by atoms with Crippen LogP contribution < -0.4 is 16.0 Å². The Bertz CT molecular complexity index is 895. The van der Waals surface area contributed by atoms with Gasteiger partial charge >= 0.3 is 0 Å². The Morgan fingerprint density at radius 2 is 2.05 bits per heavy atom. The van der Waals surface area contributed by atoms with E-state index < -0.39 is 5.82 Å². The minimum Gasteiger partial charge on any atom is -0.454 e. The number of halogens is 2. The summed E-state index contributed by atoms with van der Waals surface area (Å²) in [7, 11) is 0. The van der Waals surface area contributed by atoms with Crippen LogP contribution in [0.1, 0.15) is 0 Å². The first-order valence-electron chi connectivity index (χ1n) is 5.94. The SMILES string of the molecule is Nc1cc2c(=O)[nH]cnc2cc1Oc1ccc(F)cc1Cl. The van der Waals surface area contributed by atoms with Gasteiger partial charge in [0.15, 0.2) is 5.75 Å². The lowest BCUT2D eigenvalue weighted by Gasteiger charge is -2.10. The molecule has 21 heavy (non-hydrogen) atoms. The van der Waals surface area contributed by atoms with Gasteiger partial charge in [0, 0.05) is 6.07 Å². The van der Waals surface area contributed by atoms with E-state index in [0.717, 1.165) is 6.07 Å². The van der Waals surface area contributed by atoms with Crippen LogP contribution in [0.5, 0.6) is 11.5 Å². The lowest BCUT2D eigenvalue weighted by atomic mass is 10.2. The number of aromatic amines is 1. The molecule has 0 unspecified atom stereocenters. The van der Waals surface area contributed by atoms with E-state index in [-0.39, 0.29) is 27.8 Å². The summed E-state index contributed by atoms with van der Waals surface area (Å²) in [6.07, 6.45) is 1.29. The predicted octanol–water partition coefficient (Wildman–Crippen LogP) is 3.09. The minimum absolute atomic E-state index is 0.119. The van der Waals surface area contributed by atoms with Crippen LogP contribution in [-0.2, 0) is 0 Å². The average molecular weight is 306 g/mol. The smallest absolute Gasteiger partial charge is 0.258 e. The molecule has 5 nitrogen and oxygen atoms in total. The number of hydrogen-bond donors (Lipinski definition) is 2. The van der Waals surface area contributed by atoms with E-state index in [1.807, 2.05) is 0 Å². The van der Waals surface area contributed by atoms with E-state index in [1.54, 1.807) is 0 Å². The van der Waals surface area contributed by atoms with Gasteiger partial charge in [-0.05, 0) is 24.3 Å². The van der Waals surface area contributed by atoms with Crippen LogP contribution in [0, 0.1) is 5.82 Å². The maximum absolute atomic E-state index is 13.0. The van der Waals surface area contributed by atoms with Crippen LogP contribution in [0.25, 0.3) is 10.9 Å². The van der Waals surface area contributed by atoms with Crippen LogP contribution in [0.4, 0.5) is 10.1 Å². The fraction of sp³-hybridized carbons (Fsp3) is 0. The Morgan fingerprint density at radius 1 is 1.24 bits per heavy atom. The number of benzene rings is 2. The molecule has 1 heterocycles. The molecule has 3 aromatic rings. The summed E-state index contributed by atoms with van der Waals surface area (Å²) in [5.74, 6) is 0.0788. The molecule has 3 rings (SSSR count). The highest BCUT2D eigenvalue weighted by atomic mass is 35.5. The number of rotatable bonds is 2. The molecular weight excluding hydrogens is 297 g/mol. The van der Waals surface area contributed by atoms with Gasteiger partial charge in [-0.3, -0.25) is 4.79 Å². The van der Waals surface area contributed by atoms with Gasteiger partial charge in [0.2, 0.25) is 0 Å². The summed E-state index contributed by atoms with van der Waals surface area (Å²) in [5.41, 5.74) is 6.25. The summed E-state index contributed by atoms with van der Waals surface area (Å²) in [4.78, 5) is 18.1. The van der Waals surface area contributed by atoms with Gasteiger partial charge in [0.1, 0.15) is 11.6 Å². The monoisotopic (exact) mass is 305 g/mol. The molecule has 7 heteroatoms. The van der Waals surface area contributed by atoms with Crippen molar-refractivity contribution in [1.82, 2.24) is 9.97 Å². The Kier molecular flexibility index (Phi) is 3.23. The Hall–Kier alpha value is -2.60. The number of ether oxygens (including phenoxy) is 1. The summed E-state index contributed by atoms with van der Waals surface area (Å²) in [6.45, 7) is 0. The number of hydrogen-bond acceptors (Lipinski definition) is 4. The zero-order valence-corrected chi connectivity index (χ0v) is 11.3. The molecule has 2 aromatic carbocycles. The molecule has 0 amide bonds. The maximum atomic E-state index is 13.0. The van der Waals surface area contributed by atoms with Crippen molar-refractivity contribution in [1.29, 1.82) is 0 Å². The van der Waals surface area contributed by atoms with Crippen molar-refractivity contribution in [3.63, 3.8) is 0 Å². The van der Waals surface area contributed by atoms with E-state index in [9.17, 15) is 9.18 Å². The molecule has 0 saturated carbocycles. The predicted molar refractivity (Wildman–Crippen MR) is 78.3 cm³/mol. The van der Waals surface area contributed by atoms with Gasteiger partial charge in [-0.25, -0.2) is 9.37 Å². The number of anilines is 1. The van der Waals surface area contributed by atoms with Gasteiger partial charge in [-0.1, -0.05) is 11.6 Å². The number of nitrogens with one attached hydrogen (secondary N) is 1. The highest BCUT2D eigenvalue weighted by Crippen LogP contribution is 2.34. The highest BCUT2D eigenvalue weighted by Gasteiger charge is 2.10. The van der Waals surface area contributed by atoms with Crippen molar-refractivity contribution < 1.29 is 9.13 Å². The molecular formula is C14H9ClFN3O2. The zero-order valence-electron chi connectivity index (χ0n) is 10.6. The number of H-pyrrole nitrogens is 1. The van der Waals surface area contributed by atoms with Crippen molar-refractivity contribution in [2.24, 2.45) is 0 Å². The summed E-state index contributed by atoms with van der Waals surface area (Å²) >= 11 is 5.90. The number of nitrogens with two attached hydrogens (primary N) is 1. The quantitative estimate of drug-likeness (QED) is 0.713. The van der Waals surface area contributed by atoms with Gasteiger partial charge < -0.3 is 15.5 Å². The molecule has 0 radical (unpaired) electrons. The average Bonchev–Trinajstić information content (AvgIpc) is 2.44. The van der Waals surface area contributed by atoms with Gasteiger partial charge in [0.05, 0.1) is 27.9 Å². The van der Waals surface area contributed by atoms with Crippen molar-refractivity contribution in [2.45, 2.75) is 0 Å². The molecule has 0 atom stereocenters. The second kappa shape index (κ2) is 5.06. The molecule has 1 aromatic heterocycles. The Balaban J connectivity index is 2.08. The molecule has 0 aliphatic heterocycles. The van der Waals surface area contributed by atoms with E-state index in [0.29, 0.717) is 10.9 Å². The first-order chi connectivity index (χ1) is 10.0. The molecule has 0 aliphatic rings.